The fraction of sp³-hybridized carbons (Fsp3) is 0.471. The van der Waals surface area contributed by atoms with Crippen molar-refractivity contribution in [1.29, 1.82) is 0 Å². The Labute approximate surface area is 156 Å². The van der Waals surface area contributed by atoms with Gasteiger partial charge in [-0.15, -0.1) is 10.2 Å². The van der Waals surface area contributed by atoms with E-state index < -0.39 is 0 Å². The smallest absolute Gasteiger partial charge is 0.282 e. The number of benzene rings is 1. The van der Waals surface area contributed by atoms with Gasteiger partial charge in [-0.3, -0.25) is 9.69 Å². The molecule has 0 aliphatic carbocycles. The largest absolute Gasteiger partial charge is 0.383 e. The topological polar surface area (TPSA) is 76.6 Å². The van der Waals surface area contributed by atoms with Crippen molar-refractivity contribution in [2.75, 3.05) is 40.5 Å². The number of carbonyl (C=O) groups is 1. The number of nitrogens with one attached hydrogen (secondary N) is 1. The molecule has 1 N–H and O–H groups in total. The minimum absolute atomic E-state index is 0.293. The summed E-state index contributed by atoms with van der Waals surface area (Å²) in [6, 6.07) is 5.98. The highest BCUT2D eigenvalue weighted by Crippen LogP contribution is 2.13. The lowest BCUT2D eigenvalue weighted by Gasteiger charge is -2.19. The molecule has 1 amide bonds. The molecule has 0 bridgehead atoms. The summed E-state index contributed by atoms with van der Waals surface area (Å²) in [4.78, 5) is 14.3. The van der Waals surface area contributed by atoms with Gasteiger partial charge in [-0.1, -0.05) is 23.5 Å². The Morgan fingerprint density at radius 3 is 2.42 bits per heavy atom. The highest BCUT2D eigenvalue weighted by Gasteiger charge is 2.15. The van der Waals surface area contributed by atoms with E-state index in [0.717, 1.165) is 23.7 Å². The second kappa shape index (κ2) is 10.9. The van der Waals surface area contributed by atoms with Gasteiger partial charge in [-0.25, -0.2) is 4.39 Å². The molecule has 0 radical (unpaired) electrons. The van der Waals surface area contributed by atoms with Crippen LogP contribution in [0, 0.1) is 5.82 Å². The summed E-state index contributed by atoms with van der Waals surface area (Å²) in [5, 5.41) is 11.9. The first-order valence-electron chi connectivity index (χ1n) is 8.17. The monoisotopic (exact) mass is 382 g/mol. The van der Waals surface area contributed by atoms with Crippen molar-refractivity contribution in [3.8, 4) is 0 Å². The molecule has 1 heterocycles. The van der Waals surface area contributed by atoms with E-state index in [1.165, 1.54) is 23.5 Å². The van der Waals surface area contributed by atoms with E-state index in [2.05, 4.69) is 20.4 Å². The predicted octanol–water partition coefficient (Wildman–Crippen LogP) is 1.70. The maximum atomic E-state index is 12.9. The number of nitrogens with zero attached hydrogens (tertiary/aromatic N) is 3. The Kier molecular flexibility index (Phi) is 8.56. The fourth-order valence-corrected chi connectivity index (χ4v) is 2.97. The number of hydrogen-bond donors (Lipinski definition) is 1. The molecule has 0 aliphatic rings. The Morgan fingerprint density at radius 1 is 1.15 bits per heavy atom. The van der Waals surface area contributed by atoms with E-state index in [1.807, 2.05) is 0 Å². The van der Waals surface area contributed by atoms with Crippen LogP contribution in [0.1, 0.15) is 20.4 Å². The predicted molar refractivity (Wildman–Crippen MR) is 96.5 cm³/mol. The fourth-order valence-electron chi connectivity index (χ4n) is 2.17. The van der Waals surface area contributed by atoms with Crippen molar-refractivity contribution >= 4 is 17.2 Å². The third-order valence-corrected chi connectivity index (χ3v) is 4.52. The van der Waals surface area contributed by atoms with Crippen LogP contribution in [0.5, 0.6) is 0 Å². The van der Waals surface area contributed by atoms with Gasteiger partial charge in [0, 0.05) is 33.9 Å². The van der Waals surface area contributed by atoms with E-state index in [0.29, 0.717) is 31.3 Å². The number of rotatable bonds is 11. The third-order valence-electron chi connectivity index (χ3n) is 3.61. The van der Waals surface area contributed by atoms with Gasteiger partial charge in [0.25, 0.3) is 5.91 Å². The number of hydrogen-bond acceptors (Lipinski definition) is 7. The van der Waals surface area contributed by atoms with Crippen LogP contribution in [-0.4, -0.2) is 61.5 Å². The molecular formula is C17H23FN4O3S. The molecule has 0 saturated heterocycles. The van der Waals surface area contributed by atoms with E-state index in [9.17, 15) is 9.18 Å². The van der Waals surface area contributed by atoms with E-state index in [-0.39, 0.29) is 11.7 Å². The van der Waals surface area contributed by atoms with Crippen molar-refractivity contribution in [2.24, 2.45) is 0 Å². The molecule has 2 rings (SSSR count). The molecule has 0 saturated carbocycles. The van der Waals surface area contributed by atoms with Crippen LogP contribution in [0.15, 0.2) is 24.3 Å². The van der Waals surface area contributed by atoms with Crippen LogP contribution in [0.2, 0.25) is 0 Å². The highest BCUT2D eigenvalue weighted by atomic mass is 32.1. The normalized spacial score (nSPS) is 11.1. The van der Waals surface area contributed by atoms with Crippen molar-refractivity contribution in [3.63, 3.8) is 0 Å². The summed E-state index contributed by atoms with van der Waals surface area (Å²) in [5.41, 5.74) is 0.815. The molecule has 1 aromatic carbocycles. The Hall–Kier alpha value is -1.94. The summed E-state index contributed by atoms with van der Waals surface area (Å²) < 4.78 is 23.1. The van der Waals surface area contributed by atoms with Crippen LogP contribution >= 0.6 is 11.3 Å². The molecule has 1 aromatic heterocycles. The van der Waals surface area contributed by atoms with Crippen LogP contribution in [0.4, 0.5) is 4.39 Å². The Morgan fingerprint density at radius 2 is 1.81 bits per heavy atom. The molecular weight excluding hydrogens is 359 g/mol. The van der Waals surface area contributed by atoms with Crippen molar-refractivity contribution in [3.05, 3.63) is 45.7 Å². The quantitative estimate of drug-likeness (QED) is 0.638. The lowest BCUT2D eigenvalue weighted by Crippen LogP contribution is -2.30. The zero-order valence-corrected chi connectivity index (χ0v) is 15.7. The zero-order valence-electron chi connectivity index (χ0n) is 14.9. The Bertz CT molecular complexity index is 673. The van der Waals surface area contributed by atoms with Gasteiger partial charge in [0.2, 0.25) is 5.01 Å². The zero-order chi connectivity index (χ0) is 18.8. The standard InChI is InChI=1S/C17H23FN4O3S/c1-24-9-7-22(8-10-25-2)12-15-20-21-17(26-15)16(23)19-11-13-3-5-14(18)6-4-13/h3-6H,7-12H2,1-2H3,(H,19,23). The van der Waals surface area contributed by atoms with Gasteiger partial charge in [-0.2, -0.15) is 0 Å². The third kappa shape index (κ3) is 6.75. The number of halogens is 1. The number of methoxy groups -OCH3 is 2. The van der Waals surface area contributed by atoms with Crippen LogP contribution in [0.25, 0.3) is 0 Å². The summed E-state index contributed by atoms with van der Waals surface area (Å²) in [7, 11) is 3.31. The molecule has 0 unspecified atom stereocenters. The minimum atomic E-state index is -0.305. The molecule has 0 spiro atoms. The summed E-state index contributed by atoms with van der Waals surface area (Å²) in [6.45, 7) is 3.58. The maximum Gasteiger partial charge on any atom is 0.282 e. The van der Waals surface area contributed by atoms with Crippen LogP contribution in [-0.2, 0) is 22.6 Å². The molecule has 0 fully saturated rings. The van der Waals surface area contributed by atoms with Crippen LogP contribution < -0.4 is 5.32 Å². The second-order valence-corrected chi connectivity index (χ2v) is 6.63. The van der Waals surface area contributed by atoms with E-state index >= 15 is 0 Å². The first kappa shape index (κ1) is 20.4. The molecule has 2 aromatic rings. The minimum Gasteiger partial charge on any atom is -0.383 e. The summed E-state index contributed by atoms with van der Waals surface area (Å²) in [5.74, 6) is -0.598. The molecule has 9 heteroatoms. The summed E-state index contributed by atoms with van der Waals surface area (Å²) in [6.07, 6.45) is 0. The molecule has 0 atom stereocenters. The molecule has 0 aliphatic heterocycles. The van der Waals surface area contributed by atoms with Crippen molar-refractivity contribution < 1.29 is 18.7 Å². The van der Waals surface area contributed by atoms with E-state index in [4.69, 9.17) is 9.47 Å². The molecule has 7 nitrogen and oxygen atoms in total. The van der Waals surface area contributed by atoms with Crippen LogP contribution in [0.3, 0.4) is 0 Å². The average molecular weight is 382 g/mol. The number of carbonyl (C=O) groups excluding carboxylic acids is 1. The number of amides is 1. The van der Waals surface area contributed by atoms with Gasteiger partial charge in [-0.05, 0) is 17.7 Å². The number of aromatic nitrogens is 2. The summed E-state index contributed by atoms with van der Waals surface area (Å²) >= 11 is 1.26. The van der Waals surface area contributed by atoms with Gasteiger partial charge >= 0.3 is 0 Å². The second-order valence-electron chi connectivity index (χ2n) is 5.57. The van der Waals surface area contributed by atoms with Crippen molar-refractivity contribution in [2.45, 2.75) is 13.1 Å². The SMILES string of the molecule is COCCN(CCOC)Cc1nnc(C(=O)NCc2ccc(F)cc2)s1. The van der Waals surface area contributed by atoms with Gasteiger partial charge in [0.15, 0.2) is 0 Å². The lowest BCUT2D eigenvalue weighted by molar-refractivity contribution is 0.0950. The first-order valence-corrected chi connectivity index (χ1v) is 8.99. The van der Waals surface area contributed by atoms with E-state index in [1.54, 1.807) is 26.4 Å². The molecule has 142 valence electrons. The van der Waals surface area contributed by atoms with Gasteiger partial charge in [0.05, 0.1) is 19.8 Å². The van der Waals surface area contributed by atoms with Crippen molar-refractivity contribution in [1.82, 2.24) is 20.4 Å². The Balaban J connectivity index is 1.87. The first-order chi connectivity index (χ1) is 12.6. The maximum absolute atomic E-state index is 12.9. The lowest BCUT2D eigenvalue weighted by atomic mass is 10.2. The highest BCUT2D eigenvalue weighted by molar-refractivity contribution is 7.13. The van der Waals surface area contributed by atoms with Gasteiger partial charge in [0.1, 0.15) is 10.8 Å². The number of ether oxygens (including phenoxy) is 2. The van der Waals surface area contributed by atoms with Gasteiger partial charge < -0.3 is 14.8 Å². The average Bonchev–Trinajstić information content (AvgIpc) is 3.12. The molecule has 26 heavy (non-hydrogen) atoms.